The van der Waals surface area contributed by atoms with Crippen molar-refractivity contribution in [2.24, 2.45) is 5.92 Å². The molecule has 2 saturated heterocycles. The molecule has 2 aliphatic heterocycles. The Labute approximate surface area is 188 Å². The summed E-state index contributed by atoms with van der Waals surface area (Å²) in [5.74, 6) is -0.321. The molecule has 4 rings (SSSR count). The van der Waals surface area contributed by atoms with Gasteiger partial charge in [-0.25, -0.2) is 0 Å². The van der Waals surface area contributed by atoms with Crippen LogP contribution in [0.25, 0.3) is 0 Å². The van der Waals surface area contributed by atoms with Crippen LogP contribution in [0, 0.1) is 12.8 Å². The topological polar surface area (TPSA) is 58.6 Å². The molecule has 6 heteroatoms. The summed E-state index contributed by atoms with van der Waals surface area (Å²) in [5.41, 5.74) is 3.22. The molecule has 2 amide bonds. The van der Waals surface area contributed by atoms with E-state index in [4.69, 9.17) is 16.3 Å². The maximum Gasteiger partial charge on any atom is 0.225 e. The van der Waals surface area contributed by atoms with Crippen molar-refractivity contribution >= 4 is 23.4 Å². The van der Waals surface area contributed by atoms with Crippen molar-refractivity contribution < 1.29 is 14.3 Å². The van der Waals surface area contributed by atoms with Gasteiger partial charge in [0.25, 0.3) is 0 Å². The lowest BCUT2D eigenvalue weighted by atomic mass is 9.74. The highest BCUT2D eigenvalue weighted by Gasteiger charge is 2.38. The van der Waals surface area contributed by atoms with Gasteiger partial charge in [-0.1, -0.05) is 53.6 Å². The van der Waals surface area contributed by atoms with Gasteiger partial charge >= 0.3 is 0 Å². The zero-order chi connectivity index (χ0) is 21.8. The molecule has 164 valence electrons. The van der Waals surface area contributed by atoms with Crippen LogP contribution in [0.4, 0.5) is 0 Å². The number of carbonyl (C=O) groups is 2. The van der Waals surface area contributed by atoms with E-state index in [0.29, 0.717) is 37.9 Å². The molecule has 31 heavy (non-hydrogen) atoms. The van der Waals surface area contributed by atoms with Crippen molar-refractivity contribution in [3.05, 3.63) is 70.2 Å². The Balaban J connectivity index is 1.39. The summed E-state index contributed by atoms with van der Waals surface area (Å²) in [6.45, 7) is 4.90. The first kappa shape index (κ1) is 21.8. The lowest BCUT2D eigenvalue weighted by Gasteiger charge is -2.38. The first-order chi connectivity index (χ1) is 14.9. The number of rotatable bonds is 6. The SMILES string of the molecule is Cc1ccc(CN2CC(C(=O)NCC3(c4cccc(Cl)c4)CCOCC3)CC2=O)cc1. The average molecular weight is 441 g/mol. The summed E-state index contributed by atoms with van der Waals surface area (Å²) in [6.07, 6.45) is 1.93. The molecule has 0 bridgehead atoms. The van der Waals surface area contributed by atoms with Gasteiger partial charge in [0, 0.05) is 49.7 Å². The molecule has 5 nitrogen and oxygen atoms in total. The van der Waals surface area contributed by atoms with E-state index in [0.717, 1.165) is 24.0 Å². The summed E-state index contributed by atoms with van der Waals surface area (Å²) < 4.78 is 5.58. The number of carbonyl (C=O) groups excluding carboxylic acids is 2. The van der Waals surface area contributed by atoms with Crippen LogP contribution in [-0.4, -0.2) is 43.0 Å². The molecule has 1 unspecified atom stereocenters. The van der Waals surface area contributed by atoms with Gasteiger partial charge < -0.3 is 15.0 Å². The van der Waals surface area contributed by atoms with Gasteiger partial charge in [-0.2, -0.15) is 0 Å². The lowest BCUT2D eigenvalue weighted by molar-refractivity contribution is -0.129. The largest absolute Gasteiger partial charge is 0.381 e. The van der Waals surface area contributed by atoms with Crippen molar-refractivity contribution in [3.8, 4) is 0 Å². The number of hydrogen-bond acceptors (Lipinski definition) is 3. The first-order valence-corrected chi connectivity index (χ1v) is 11.3. The van der Waals surface area contributed by atoms with Crippen molar-refractivity contribution in [2.75, 3.05) is 26.3 Å². The normalized spacial score (nSPS) is 20.6. The molecule has 1 atom stereocenters. The van der Waals surface area contributed by atoms with E-state index in [1.54, 1.807) is 4.90 Å². The first-order valence-electron chi connectivity index (χ1n) is 10.9. The fourth-order valence-corrected chi connectivity index (χ4v) is 4.75. The molecular weight excluding hydrogens is 412 g/mol. The summed E-state index contributed by atoms with van der Waals surface area (Å²) in [4.78, 5) is 27.3. The minimum Gasteiger partial charge on any atom is -0.381 e. The maximum atomic E-state index is 13.0. The zero-order valence-corrected chi connectivity index (χ0v) is 18.7. The fourth-order valence-electron chi connectivity index (χ4n) is 4.56. The third-order valence-corrected chi connectivity index (χ3v) is 6.80. The summed E-state index contributed by atoms with van der Waals surface area (Å²) in [6, 6.07) is 16.0. The summed E-state index contributed by atoms with van der Waals surface area (Å²) in [5, 5.41) is 3.85. The number of likely N-dealkylation sites (tertiary alicyclic amines) is 1. The van der Waals surface area contributed by atoms with E-state index < -0.39 is 0 Å². The highest BCUT2D eigenvalue weighted by atomic mass is 35.5. The van der Waals surface area contributed by atoms with Crippen LogP contribution < -0.4 is 5.32 Å². The Kier molecular flexibility index (Phi) is 6.63. The molecule has 2 heterocycles. The molecule has 0 spiro atoms. The Morgan fingerprint density at radius 1 is 1.19 bits per heavy atom. The Hall–Kier alpha value is -2.37. The third-order valence-electron chi connectivity index (χ3n) is 6.57. The number of amides is 2. The van der Waals surface area contributed by atoms with Crippen molar-refractivity contribution in [1.82, 2.24) is 10.2 Å². The van der Waals surface area contributed by atoms with Crippen LogP contribution in [-0.2, 0) is 26.3 Å². The van der Waals surface area contributed by atoms with E-state index in [1.165, 1.54) is 5.56 Å². The number of benzene rings is 2. The number of nitrogens with zero attached hydrogens (tertiary/aromatic N) is 1. The van der Waals surface area contributed by atoms with Crippen LogP contribution in [0.3, 0.4) is 0 Å². The van der Waals surface area contributed by atoms with Gasteiger partial charge in [0.2, 0.25) is 11.8 Å². The van der Waals surface area contributed by atoms with E-state index in [9.17, 15) is 9.59 Å². The Bertz CT molecular complexity index is 938. The second-order valence-electron chi connectivity index (χ2n) is 8.78. The third kappa shape index (κ3) is 5.10. The van der Waals surface area contributed by atoms with Gasteiger partial charge in [-0.15, -0.1) is 0 Å². The molecule has 2 aromatic rings. The van der Waals surface area contributed by atoms with E-state index >= 15 is 0 Å². The van der Waals surface area contributed by atoms with Crippen LogP contribution in [0.2, 0.25) is 5.02 Å². The molecule has 0 aromatic heterocycles. The number of aryl methyl sites for hydroxylation is 1. The maximum absolute atomic E-state index is 13.0. The number of hydrogen-bond donors (Lipinski definition) is 1. The van der Waals surface area contributed by atoms with Crippen LogP contribution in [0.1, 0.15) is 36.0 Å². The second kappa shape index (κ2) is 9.41. The smallest absolute Gasteiger partial charge is 0.225 e. The molecule has 0 aliphatic carbocycles. The van der Waals surface area contributed by atoms with Gasteiger partial charge in [0.15, 0.2) is 0 Å². The molecule has 1 N–H and O–H groups in total. The van der Waals surface area contributed by atoms with Gasteiger partial charge in [0.05, 0.1) is 5.92 Å². The fraction of sp³-hybridized carbons (Fsp3) is 0.440. The monoisotopic (exact) mass is 440 g/mol. The zero-order valence-electron chi connectivity index (χ0n) is 17.9. The van der Waals surface area contributed by atoms with E-state index in [-0.39, 0.29) is 29.6 Å². The van der Waals surface area contributed by atoms with Gasteiger partial charge in [-0.3, -0.25) is 9.59 Å². The van der Waals surface area contributed by atoms with Gasteiger partial charge in [-0.05, 0) is 43.0 Å². The quantitative estimate of drug-likeness (QED) is 0.742. The standard InChI is InChI=1S/C25H29ClN2O3/c1-18-5-7-19(8-6-18)15-28-16-20(13-23(28)29)24(30)27-17-25(9-11-31-12-10-25)21-3-2-4-22(26)14-21/h2-8,14,20H,9-13,15-17H2,1H3,(H,27,30). The number of halogens is 1. The average Bonchev–Trinajstić information content (AvgIpc) is 3.14. The number of ether oxygens (including phenoxy) is 1. The van der Waals surface area contributed by atoms with Crippen molar-refractivity contribution in [1.29, 1.82) is 0 Å². The van der Waals surface area contributed by atoms with E-state index in [2.05, 4.69) is 11.4 Å². The predicted molar refractivity (Wildman–Crippen MR) is 121 cm³/mol. The molecular formula is C25H29ClN2O3. The van der Waals surface area contributed by atoms with E-state index in [1.807, 2.05) is 49.4 Å². The second-order valence-corrected chi connectivity index (χ2v) is 9.22. The molecule has 2 fully saturated rings. The summed E-state index contributed by atoms with van der Waals surface area (Å²) in [7, 11) is 0. The minimum atomic E-state index is -0.311. The molecule has 2 aromatic carbocycles. The highest BCUT2D eigenvalue weighted by Crippen LogP contribution is 2.35. The predicted octanol–water partition coefficient (Wildman–Crippen LogP) is 3.86. The van der Waals surface area contributed by atoms with Crippen molar-refractivity contribution in [3.63, 3.8) is 0 Å². The van der Waals surface area contributed by atoms with Crippen LogP contribution >= 0.6 is 11.6 Å². The molecule has 0 radical (unpaired) electrons. The summed E-state index contributed by atoms with van der Waals surface area (Å²) >= 11 is 6.24. The molecule has 2 aliphatic rings. The minimum absolute atomic E-state index is 0.0383. The van der Waals surface area contributed by atoms with Gasteiger partial charge in [0.1, 0.15) is 0 Å². The van der Waals surface area contributed by atoms with Crippen molar-refractivity contribution in [2.45, 2.75) is 38.1 Å². The van der Waals surface area contributed by atoms with Crippen LogP contribution in [0.15, 0.2) is 48.5 Å². The lowest BCUT2D eigenvalue weighted by Crippen LogP contribution is -2.46. The highest BCUT2D eigenvalue weighted by molar-refractivity contribution is 6.30. The Morgan fingerprint density at radius 2 is 1.94 bits per heavy atom. The number of nitrogens with one attached hydrogen (secondary N) is 1. The van der Waals surface area contributed by atoms with Crippen LogP contribution in [0.5, 0.6) is 0 Å². The Morgan fingerprint density at radius 3 is 2.65 bits per heavy atom. The molecule has 0 saturated carbocycles.